The van der Waals surface area contributed by atoms with Crippen molar-refractivity contribution in [1.82, 2.24) is 4.90 Å². The first-order chi connectivity index (χ1) is 6.96. The van der Waals surface area contributed by atoms with E-state index in [-0.39, 0.29) is 11.7 Å². The molecule has 2 rings (SSSR count). The maximum Gasteiger partial charge on any atom is 0.410 e. The van der Waals surface area contributed by atoms with Crippen LogP contribution in [0.2, 0.25) is 0 Å². The largest absolute Gasteiger partial charge is 0.444 e. The molecule has 3 heteroatoms. The second-order valence-corrected chi connectivity index (χ2v) is 5.84. The zero-order valence-electron chi connectivity index (χ0n) is 9.95. The van der Waals surface area contributed by atoms with Crippen molar-refractivity contribution in [3.63, 3.8) is 0 Å². The number of carbonyl (C=O) groups excluding carboxylic acids is 1. The van der Waals surface area contributed by atoms with E-state index in [1.165, 1.54) is 19.3 Å². The highest BCUT2D eigenvalue weighted by Gasteiger charge is 2.39. The molecule has 0 N–H and O–H groups in total. The maximum absolute atomic E-state index is 11.8. The summed E-state index contributed by atoms with van der Waals surface area (Å²) >= 11 is 0. The van der Waals surface area contributed by atoms with Crippen LogP contribution in [0.3, 0.4) is 0 Å². The summed E-state index contributed by atoms with van der Waals surface area (Å²) in [4.78, 5) is 13.7. The van der Waals surface area contributed by atoms with E-state index in [1.54, 1.807) is 0 Å². The van der Waals surface area contributed by atoms with Gasteiger partial charge >= 0.3 is 6.09 Å². The lowest BCUT2D eigenvalue weighted by Gasteiger charge is -2.24. The standard InChI is InChI=1S/C12H21NO2/c1-12(2,3)15-11(14)13-7-9-5-4-6-10(9)8-13/h9-10H,4-8H2,1-3H3/t9-,10+. The summed E-state index contributed by atoms with van der Waals surface area (Å²) in [6.45, 7) is 7.59. The minimum absolute atomic E-state index is 0.128. The van der Waals surface area contributed by atoms with Crippen molar-refractivity contribution in [3.05, 3.63) is 0 Å². The molecule has 0 bridgehead atoms. The minimum Gasteiger partial charge on any atom is -0.444 e. The zero-order valence-corrected chi connectivity index (χ0v) is 9.95. The predicted molar refractivity (Wildman–Crippen MR) is 58.6 cm³/mol. The van der Waals surface area contributed by atoms with Crippen molar-refractivity contribution in [2.75, 3.05) is 13.1 Å². The highest BCUT2D eigenvalue weighted by molar-refractivity contribution is 5.68. The fourth-order valence-corrected chi connectivity index (χ4v) is 2.71. The molecule has 0 aromatic heterocycles. The highest BCUT2D eigenvalue weighted by atomic mass is 16.6. The second kappa shape index (κ2) is 3.69. The average Bonchev–Trinajstić information content (AvgIpc) is 2.56. The molecule has 0 aromatic rings. The fraction of sp³-hybridized carbons (Fsp3) is 0.917. The monoisotopic (exact) mass is 211 g/mol. The molecule has 3 nitrogen and oxygen atoms in total. The number of hydrogen-bond acceptors (Lipinski definition) is 2. The van der Waals surface area contributed by atoms with Gasteiger partial charge in [-0.15, -0.1) is 0 Å². The van der Waals surface area contributed by atoms with Gasteiger partial charge in [0, 0.05) is 13.1 Å². The lowest BCUT2D eigenvalue weighted by molar-refractivity contribution is 0.0280. The van der Waals surface area contributed by atoms with Crippen LogP contribution < -0.4 is 0 Å². The number of amides is 1. The third kappa shape index (κ3) is 2.44. The highest BCUT2D eigenvalue weighted by Crippen LogP contribution is 2.38. The van der Waals surface area contributed by atoms with Crippen LogP contribution in [0, 0.1) is 11.8 Å². The van der Waals surface area contributed by atoms with Gasteiger partial charge in [-0.1, -0.05) is 6.42 Å². The van der Waals surface area contributed by atoms with Crippen LogP contribution in [0.5, 0.6) is 0 Å². The number of hydrogen-bond donors (Lipinski definition) is 0. The minimum atomic E-state index is -0.366. The normalized spacial score (nSPS) is 30.5. The van der Waals surface area contributed by atoms with Gasteiger partial charge in [-0.2, -0.15) is 0 Å². The van der Waals surface area contributed by atoms with Crippen LogP contribution in [0.1, 0.15) is 40.0 Å². The van der Waals surface area contributed by atoms with Crippen molar-refractivity contribution in [1.29, 1.82) is 0 Å². The third-order valence-corrected chi connectivity index (χ3v) is 3.38. The zero-order chi connectivity index (χ0) is 11.1. The Morgan fingerprint density at radius 2 is 1.73 bits per heavy atom. The predicted octanol–water partition coefficient (Wildman–Crippen LogP) is 2.65. The molecule has 2 fully saturated rings. The number of rotatable bonds is 0. The van der Waals surface area contributed by atoms with E-state index in [1.807, 2.05) is 25.7 Å². The maximum atomic E-state index is 11.8. The van der Waals surface area contributed by atoms with Gasteiger partial charge in [-0.05, 0) is 45.4 Å². The molecule has 0 spiro atoms. The number of ether oxygens (including phenoxy) is 1. The third-order valence-electron chi connectivity index (χ3n) is 3.38. The first-order valence-corrected chi connectivity index (χ1v) is 5.93. The van der Waals surface area contributed by atoms with Crippen LogP contribution in [0.4, 0.5) is 4.79 Å². The Morgan fingerprint density at radius 1 is 1.20 bits per heavy atom. The van der Waals surface area contributed by atoms with Gasteiger partial charge in [0.25, 0.3) is 0 Å². The Balaban J connectivity index is 1.88. The van der Waals surface area contributed by atoms with E-state index in [9.17, 15) is 4.79 Å². The van der Waals surface area contributed by atoms with Gasteiger partial charge in [0.05, 0.1) is 0 Å². The Morgan fingerprint density at radius 3 is 2.20 bits per heavy atom. The lowest BCUT2D eigenvalue weighted by Crippen LogP contribution is -2.35. The molecule has 0 radical (unpaired) electrons. The Kier molecular flexibility index (Phi) is 2.65. The van der Waals surface area contributed by atoms with Crippen LogP contribution in [-0.4, -0.2) is 29.7 Å². The second-order valence-electron chi connectivity index (χ2n) is 5.84. The van der Waals surface area contributed by atoms with E-state index in [4.69, 9.17) is 4.74 Å². The average molecular weight is 211 g/mol. The van der Waals surface area contributed by atoms with Crippen LogP contribution in [-0.2, 0) is 4.74 Å². The molecule has 86 valence electrons. The number of nitrogens with zero attached hydrogens (tertiary/aromatic N) is 1. The number of likely N-dealkylation sites (tertiary alicyclic amines) is 1. The van der Waals surface area contributed by atoms with Crippen molar-refractivity contribution in [2.45, 2.75) is 45.6 Å². The SMILES string of the molecule is CC(C)(C)OC(=O)N1C[C@H]2CCC[C@H]2C1. The van der Waals surface area contributed by atoms with Gasteiger partial charge < -0.3 is 9.64 Å². The summed E-state index contributed by atoms with van der Waals surface area (Å²) in [5.41, 5.74) is -0.366. The van der Waals surface area contributed by atoms with E-state index in [0.717, 1.165) is 24.9 Å². The van der Waals surface area contributed by atoms with Gasteiger partial charge in [0.2, 0.25) is 0 Å². The van der Waals surface area contributed by atoms with Gasteiger partial charge in [-0.3, -0.25) is 0 Å². The van der Waals surface area contributed by atoms with Crippen molar-refractivity contribution in [3.8, 4) is 0 Å². The smallest absolute Gasteiger partial charge is 0.410 e. The molecule has 1 saturated heterocycles. The summed E-state index contributed by atoms with van der Waals surface area (Å²) in [7, 11) is 0. The Labute approximate surface area is 91.8 Å². The number of carbonyl (C=O) groups is 1. The Bertz CT molecular complexity index is 245. The first kappa shape index (κ1) is 10.8. The van der Waals surface area contributed by atoms with Crippen LogP contribution in [0.15, 0.2) is 0 Å². The fourth-order valence-electron chi connectivity index (χ4n) is 2.71. The molecule has 1 aliphatic carbocycles. The molecule has 1 heterocycles. The van der Waals surface area contributed by atoms with E-state index < -0.39 is 0 Å². The van der Waals surface area contributed by atoms with Crippen LogP contribution in [0.25, 0.3) is 0 Å². The van der Waals surface area contributed by atoms with Gasteiger partial charge in [0.15, 0.2) is 0 Å². The molecule has 1 aliphatic heterocycles. The molecular weight excluding hydrogens is 190 g/mol. The molecular formula is C12H21NO2. The quantitative estimate of drug-likeness (QED) is 0.616. The van der Waals surface area contributed by atoms with Gasteiger partial charge in [-0.25, -0.2) is 4.79 Å². The molecule has 2 aliphatic rings. The summed E-state index contributed by atoms with van der Waals surface area (Å²) in [6.07, 6.45) is 3.81. The molecule has 0 unspecified atom stereocenters. The first-order valence-electron chi connectivity index (χ1n) is 5.93. The lowest BCUT2D eigenvalue weighted by atomic mass is 10.0. The van der Waals surface area contributed by atoms with Gasteiger partial charge in [0.1, 0.15) is 5.60 Å². The van der Waals surface area contributed by atoms with Crippen LogP contribution >= 0.6 is 0 Å². The molecule has 0 aromatic carbocycles. The van der Waals surface area contributed by atoms with E-state index in [0.29, 0.717) is 0 Å². The summed E-state index contributed by atoms with van der Waals surface area (Å²) in [6, 6.07) is 0. The summed E-state index contributed by atoms with van der Waals surface area (Å²) in [5, 5.41) is 0. The topological polar surface area (TPSA) is 29.5 Å². The summed E-state index contributed by atoms with van der Waals surface area (Å²) in [5.74, 6) is 1.50. The Hall–Kier alpha value is -0.730. The summed E-state index contributed by atoms with van der Waals surface area (Å²) < 4.78 is 5.37. The number of fused-ring (bicyclic) bond motifs is 1. The van der Waals surface area contributed by atoms with E-state index in [2.05, 4.69) is 0 Å². The molecule has 1 amide bonds. The van der Waals surface area contributed by atoms with Crippen molar-refractivity contribution in [2.24, 2.45) is 11.8 Å². The van der Waals surface area contributed by atoms with E-state index >= 15 is 0 Å². The molecule has 1 saturated carbocycles. The van der Waals surface area contributed by atoms with Crippen molar-refractivity contribution < 1.29 is 9.53 Å². The molecule has 15 heavy (non-hydrogen) atoms. The van der Waals surface area contributed by atoms with Crippen molar-refractivity contribution >= 4 is 6.09 Å². The molecule has 2 atom stereocenters.